The number of nitrogens with zero attached hydrogens (tertiary/aromatic N) is 2. The van der Waals surface area contributed by atoms with Crippen LogP contribution in [-0.4, -0.2) is 9.55 Å². The summed E-state index contributed by atoms with van der Waals surface area (Å²) >= 11 is 0. The Morgan fingerprint density at radius 2 is 2.12 bits per heavy atom. The van der Waals surface area contributed by atoms with Crippen LogP contribution in [0.25, 0.3) is 0 Å². The van der Waals surface area contributed by atoms with E-state index < -0.39 is 0 Å². The van der Waals surface area contributed by atoms with E-state index in [2.05, 4.69) is 23.4 Å². The third-order valence-electron chi connectivity index (χ3n) is 3.76. The first-order chi connectivity index (χ1) is 7.61. The van der Waals surface area contributed by atoms with Crippen molar-refractivity contribution in [3.8, 4) is 0 Å². The van der Waals surface area contributed by atoms with Crippen LogP contribution in [0.3, 0.4) is 0 Å². The largest absolute Gasteiger partial charge is 0.369 e. The molecule has 1 aliphatic carbocycles. The van der Waals surface area contributed by atoms with Gasteiger partial charge in [0.15, 0.2) is 5.95 Å². The summed E-state index contributed by atoms with van der Waals surface area (Å²) in [5, 5.41) is 0. The Kier molecular flexibility index (Phi) is 3.22. The van der Waals surface area contributed by atoms with Crippen molar-refractivity contribution >= 4 is 5.95 Å². The average molecular weight is 221 g/mol. The van der Waals surface area contributed by atoms with Crippen molar-refractivity contribution in [3.63, 3.8) is 0 Å². The fourth-order valence-corrected chi connectivity index (χ4v) is 3.25. The number of anilines is 1. The van der Waals surface area contributed by atoms with Gasteiger partial charge in [0.2, 0.25) is 0 Å². The summed E-state index contributed by atoms with van der Waals surface area (Å²) in [6, 6.07) is 0. The Labute approximate surface area is 98.1 Å². The van der Waals surface area contributed by atoms with Gasteiger partial charge in [-0.15, -0.1) is 0 Å². The summed E-state index contributed by atoms with van der Waals surface area (Å²) in [6.07, 6.45) is 10.6. The van der Waals surface area contributed by atoms with Crippen molar-refractivity contribution in [2.24, 2.45) is 11.3 Å². The van der Waals surface area contributed by atoms with Gasteiger partial charge in [-0.2, -0.15) is 0 Å². The molecule has 1 aliphatic rings. The average Bonchev–Trinajstić information content (AvgIpc) is 2.77. The minimum Gasteiger partial charge on any atom is -0.369 e. The van der Waals surface area contributed by atoms with Crippen LogP contribution in [0.4, 0.5) is 5.95 Å². The smallest absolute Gasteiger partial charge is 0.200 e. The highest BCUT2D eigenvalue weighted by molar-refractivity contribution is 5.17. The molecule has 1 aromatic rings. The Bertz CT molecular complexity index is 335. The lowest BCUT2D eigenvalue weighted by molar-refractivity contribution is 0.198. The molecule has 0 amide bonds. The summed E-state index contributed by atoms with van der Waals surface area (Å²) in [7, 11) is 0. The number of nitrogens with two attached hydrogens (primary N) is 1. The second-order valence-corrected chi connectivity index (χ2v) is 5.72. The molecule has 1 saturated carbocycles. The van der Waals surface area contributed by atoms with Crippen LogP contribution in [0.5, 0.6) is 0 Å². The van der Waals surface area contributed by atoms with E-state index in [0.717, 1.165) is 12.5 Å². The highest BCUT2D eigenvalue weighted by Gasteiger charge is 2.34. The minimum atomic E-state index is 0.475. The van der Waals surface area contributed by atoms with Crippen molar-refractivity contribution in [1.29, 1.82) is 0 Å². The van der Waals surface area contributed by atoms with Gasteiger partial charge in [-0.1, -0.05) is 26.7 Å². The first-order valence-corrected chi connectivity index (χ1v) is 6.38. The first-order valence-electron chi connectivity index (χ1n) is 6.38. The number of hydrogen-bond donors (Lipinski definition) is 1. The summed E-state index contributed by atoms with van der Waals surface area (Å²) in [5.74, 6) is 1.43. The maximum Gasteiger partial charge on any atom is 0.200 e. The van der Waals surface area contributed by atoms with Gasteiger partial charge >= 0.3 is 0 Å². The van der Waals surface area contributed by atoms with Crippen LogP contribution in [0.15, 0.2) is 12.4 Å². The Hall–Kier alpha value is -0.990. The zero-order valence-corrected chi connectivity index (χ0v) is 10.4. The molecule has 0 aliphatic heterocycles. The normalized spacial score (nSPS) is 19.4. The minimum absolute atomic E-state index is 0.475. The third kappa shape index (κ3) is 2.39. The topological polar surface area (TPSA) is 43.8 Å². The van der Waals surface area contributed by atoms with Crippen molar-refractivity contribution in [3.05, 3.63) is 12.4 Å². The van der Waals surface area contributed by atoms with E-state index in [4.69, 9.17) is 5.73 Å². The summed E-state index contributed by atoms with van der Waals surface area (Å²) in [4.78, 5) is 4.11. The van der Waals surface area contributed by atoms with Crippen LogP contribution < -0.4 is 5.73 Å². The van der Waals surface area contributed by atoms with Crippen LogP contribution in [0.1, 0.15) is 46.0 Å². The lowest BCUT2D eigenvalue weighted by Crippen LogP contribution is -2.26. The number of rotatable bonds is 4. The fraction of sp³-hybridized carbons (Fsp3) is 0.769. The van der Waals surface area contributed by atoms with Crippen LogP contribution in [0.2, 0.25) is 0 Å². The van der Waals surface area contributed by atoms with Gasteiger partial charge in [-0.05, 0) is 30.6 Å². The predicted molar refractivity (Wildman–Crippen MR) is 67.0 cm³/mol. The molecule has 0 atom stereocenters. The van der Waals surface area contributed by atoms with Crippen molar-refractivity contribution in [2.75, 3.05) is 5.73 Å². The molecule has 0 bridgehead atoms. The zero-order valence-electron chi connectivity index (χ0n) is 10.4. The number of nitrogen functional groups attached to an aromatic ring is 1. The molecule has 1 fully saturated rings. The van der Waals surface area contributed by atoms with Gasteiger partial charge in [-0.3, -0.25) is 0 Å². The number of aromatic nitrogens is 2. The standard InChI is InChI=1S/C13H23N3/c1-11(2)9-13(5-3-4-6-13)10-16-8-7-15-12(16)14/h7-8,11H,3-6,9-10H2,1-2H3,(H2,14,15). The van der Waals surface area contributed by atoms with E-state index in [-0.39, 0.29) is 0 Å². The molecule has 16 heavy (non-hydrogen) atoms. The molecule has 1 heterocycles. The van der Waals surface area contributed by atoms with E-state index in [1.165, 1.54) is 32.1 Å². The van der Waals surface area contributed by atoms with E-state index in [1.807, 2.05) is 6.20 Å². The SMILES string of the molecule is CC(C)CC1(Cn2ccnc2N)CCCC1. The van der Waals surface area contributed by atoms with Crippen LogP contribution >= 0.6 is 0 Å². The molecule has 90 valence electrons. The predicted octanol–water partition coefficient (Wildman–Crippen LogP) is 3.07. The fourth-order valence-electron chi connectivity index (χ4n) is 3.25. The lowest BCUT2D eigenvalue weighted by Gasteiger charge is -2.31. The summed E-state index contributed by atoms with van der Waals surface area (Å²) in [5.41, 5.74) is 6.34. The second kappa shape index (κ2) is 4.48. The molecule has 2 rings (SSSR count). The Balaban J connectivity index is 2.11. The Morgan fingerprint density at radius 1 is 1.44 bits per heavy atom. The first kappa shape index (κ1) is 11.5. The molecule has 2 N–H and O–H groups in total. The molecule has 0 unspecified atom stereocenters. The summed E-state index contributed by atoms with van der Waals surface area (Å²) in [6.45, 7) is 5.69. The summed E-state index contributed by atoms with van der Waals surface area (Å²) < 4.78 is 2.12. The van der Waals surface area contributed by atoms with E-state index in [9.17, 15) is 0 Å². The molecule has 3 nitrogen and oxygen atoms in total. The van der Waals surface area contributed by atoms with Gasteiger partial charge in [0.05, 0.1) is 0 Å². The van der Waals surface area contributed by atoms with Crippen LogP contribution in [-0.2, 0) is 6.54 Å². The highest BCUT2D eigenvalue weighted by atomic mass is 15.1. The molecule has 3 heteroatoms. The van der Waals surface area contributed by atoms with Crippen LogP contribution in [0, 0.1) is 11.3 Å². The maximum absolute atomic E-state index is 5.86. The zero-order chi connectivity index (χ0) is 11.6. The van der Waals surface area contributed by atoms with Gasteiger partial charge < -0.3 is 10.3 Å². The molecule has 0 saturated heterocycles. The van der Waals surface area contributed by atoms with E-state index in [0.29, 0.717) is 11.4 Å². The maximum atomic E-state index is 5.86. The molecule has 0 aromatic carbocycles. The molecule has 0 radical (unpaired) electrons. The van der Waals surface area contributed by atoms with Gasteiger partial charge in [0.25, 0.3) is 0 Å². The molecule has 0 spiro atoms. The van der Waals surface area contributed by atoms with Crippen molar-refractivity contribution in [1.82, 2.24) is 9.55 Å². The lowest BCUT2D eigenvalue weighted by atomic mass is 9.78. The third-order valence-corrected chi connectivity index (χ3v) is 3.76. The molecule has 1 aromatic heterocycles. The monoisotopic (exact) mass is 221 g/mol. The number of imidazole rings is 1. The number of hydrogen-bond acceptors (Lipinski definition) is 2. The Morgan fingerprint density at radius 3 is 2.62 bits per heavy atom. The van der Waals surface area contributed by atoms with Crippen molar-refractivity contribution < 1.29 is 0 Å². The van der Waals surface area contributed by atoms with E-state index in [1.54, 1.807) is 6.20 Å². The van der Waals surface area contributed by atoms with Gasteiger partial charge in [-0.25, -0.2) is 4.98 Å². The van der Waals surface area contributed by atoms with Crippen molar-refractivity contribution in [2.45, 2.75) is 52.5 Å². The quantitative estimate of drug-likeness (QED) is 0.849. The molecular weight excluding hydrogens is 198 g/mol. The highest BCUT2D eigenvalue weighted by Crippen LogP contribution is 2.44. The van der Waals surface area contributed by atoms with E-state index >= 15 is 0 Å². The molecular formula is C13H23N3. The van der Waals surface area contributed by atoms with Gasteiger partial charge in [0.1, 0.15) is 0 Å². The van der Waals surface area contributed by atoms with Gasteiger partial charge in [0, 0.05) is 18.9 Å². The second-order valence-electron chi connectivity index (χ2n) is 5.72.